The summed E-state index contributed by atoms with van der Waals surface area (Å²) in [5.74, 6) is 1.12. The fraction of sp³-hybridized carbons (Fsp3) is 0.118. The Hall–Kier alpha value is -2.22. The molecule has 2 aromatic carbocycles. The molecule has 0 saturated carbocycles. The molecule has 2 aromatic rings. The summed E-state index contributed by atoms with van der Waals surface area (Å²) in [6.45, 7) is 0.0395. The molecule has 2 aliphatic rings. The third-order valence-electron chi connectivity index (χ3n) is 3.71. The minimum Gasteiger partial charge on any atom is -0.482 e. The van der Waals surface area contributed by atoms with Crippen LogP contribution in [0.25, 0.3) is 0 Å². The van der Waals surface area contributed by atoms with Gasteiger partial charge in [-0.05, 0) is 36.4 Å². The van der Waals surface area contributed by atoms with Gasteiger partial charge >= 0.3 is 0 Å². The van der Waals surface area contributed by atoms with Gasteiger partial charge in [-0.15, -0.1) is 0 Å². The molecule has 0 bridgehead atoms. The number of anilines is 1. The Morgan fingerprint density at radius 3 is 2.85 bits per heavy atom. The van der Waals surface area contributed by atoms with Crippen LogP contribution in [0.15, 0.2) is 46.5 Å². The summed E-state index contributed by atoms with van der Waals surface area (Å²) in [7, 11) is 0. The van der Waals surface area contributed by atoms with Crippen LogP contribution in [0, 0.1) is 0 Å². The normalized spacial score (nSPS) is 17.7. The minimum absolute atomic E-state index is 0.0395. The lowest BCUT2D eigenvalue weighted by molar-refractivity contribution is -0.118. The van der Waals surface area contributed by atoms with Gasteiger partial charge < -0.3 is 10.1 Å². The van der Waals surface area contributed by atoms with Crippen molar-refractivity contribution in [3.05, 3.63) is 52.0 Å². The number of ether oxygens (including phenoxy) is 1. The highest BCUT2D eigenvalue weighted by molar-refractivity contribution is 8.14. The van der Waals surface area contributed by atoms with Crippen molar-refractivity contribution >= 4 is 63.1 Å². The summed E-state index contributed by atoms with van der Waals surface area (Å²) in [5.41, 5.74) is 5.96. The standard InChI is InChI=1S/C17H12Cl2N4O2S/c18-10-2-3-12(11(19)6-10)21-17-23-22-14(8-26-17)9-1-4-15-13(5-9)20-16(24)7-25-15/h1-6H,7-8H2,(H,20,24)(H,21,23). The van der Waals surface area contributed by atoms with Gasteiger partial charge in [0.1, 0.15) is 5.75 Å². The van der Waals surface area contributed by atoms with Crippen LogP contribution in [-0.4, -0.2) is 29.1 Å². The van der Waals surface area contributed by atoms with E-state index in [2.05, 4.69) is 20.8 Å². The Kier molecular flexibility index (Phi) is 4.76. The van der Waals surface area contributed by atoms with Crippen molar-refractivity contribution < 1.29 is 9.53 Å². The van der Waals surface area contributed by atoms with Crippen LogP contribution in [0.3, 0.4) is 0 Å². The number of carbonyl (C=O) groups excluding carboxylic acids is 1. The molecule has 0 aromatic heterocycles. The van der Waals surface area contributed by atoms with E-state index in [1.807, 2.05) is 18.2 Å². The van der Waals surface area contributed by atoms with Gasteiger partial charge in [0, 0.05) is 16.3 Å². The van der Waals surface area contributed by atoms with E-state index in [4.69, 9.17) is 27.9 Å². The number of nitrogens with zero attached hydrogens (tertiary/aromatic N) is 2. The highest BCUT2D eigenvalue weighted by Gasteiger charge is 2.19. The largest absolute Gasteiger partial charge is 0.482 e. The van der Waals surface area contributed by atoms with Crippen LogP contribution < -0.4 is 15.5 Å². The number of thioether (sulfide) groups is 1. The van der Waals surface area contributed by atoms with Gasteiger partial charge in [0.2, 0.25) is 0 Å². The summed E-state index contributed by atoms with van der Waals surface area (Å²) in [5, 5.41) is 8.87. The van der Waals surface area contributed by atoms with Crippen LogP contribution in [0.2, 0.25) is 10.0 Å². The molecule has 0 unspecified atom stereocenters. The molecule has 0 radical (unpaired) electrons. The Labute approximate surface area is 163 Å². The number of rotatable bonds is 2. The van der Waals surface area contributed by atoms with Crippen molar-refractivity contribution in [1.29, 1.82) is 0 Å². The number of hydrazone groups is 1. The van der Waals surface area contributed by atoms with Gasteiger partial charge in [0.25, 0.3) is 5.91 Å². The minimum atomic E-state index is -0.165. The second-order valence-corrected chi connectivity index (χ2v) is 7.33. The van der Waals surface area contributed by atoms with Crippen LogP contribution in [0.4, 0.5) is 11.4 Å². The maximum absolute atomic E-state index is 11.5. The van der Waals surface area contributed by atoms with Gasteiger partial charge in [-0.3, -0.25) is 10.2 Å². The molecular weight excluding hydrogens is 395 g/mol. The number of nitrogens with one attached hydrogen (secondary N) is 2. The average molecular weight is 407 g/mol. The van der Waals surface area contributed by atoms with Crippen LogP contribution in [0.5, 0.6) is 5.75 Å². The predicted octanol–water partition coefficient (Wildman–Crippen LogP) is 4.05. The molecule has 0 saturated heterocycles. The van der Waals surface area contributed by atoms with Crippen LogP contribution in [-0.2, 0) is 4.79 Å². The summed E-state index contributed by atoms with van der Waals surface area (Å²) >= 11 is 13.5. The Bertz CT molecular complexity index is 962. The fourth-order valence-electron chi connectivity index (χ4n) is 2.47. The summed E-state index contributed by atoms with van der Waals surface area (Å²) in [6.07, 6.45) is 0. The van der Waals surface area contributed by atoms with Crippen molar-refractivity contribution in [3.63, 3.8) is 0 Å². The van der Waals surface area contributed by atoms with E-state index in [0.29, 0.717) is 38.1 Å². The van der Waals surface area contributed by atoms with Crippen molar-refractivity contribution in [3.8, 4) is 5.75 Å². The van der Waals surface area contributed by atoms with Crippen LogP contribution >= 0.6 is 35.0 Å². The molecule has 0 aliphatic carbocycles. The maximum atomic E-state index is 11.5. The lowest BCUT2D eigenvalue weighted by Gasteiger charge is -2.20. The molecule has 0 fully saturated rings. The quantitative estimate of drug-likeness (QED) is 0.788. The summed E-state index contributed by atoms with van der Waals surface area (Å²) in [6, 6.07) is 10.7. The molecular formula is C17H12Cl2N4O2S. The molecule has 26 heavy (non-hydrogen) atoms. The summed E-state index contributed by atoms with van der Waals surface area (Å²) in [4.78, 5) is 15.9. The zero-order chi connectivity index (χ0) is 18.1. The molecule has 1 amide bonds. The lowest BCUT2D eigenvalue weighted by Crippen LogP contribution is -2.27. The van der Waals surface area contributed by atoms with E-state index in [9.17, 15) is 4.79 Å². The molecule has 9 heteroatoms. The summed E-state index contributed by atoms with van der Waals surface area (Å²) < 4.78 is 5.37. The Balaban J connectivity index is 1.53. The second-order valence-electron chi connectivity index (χ2n) is 5.52. The molecule has 0 spiro atoms. The van der Waals surface area contributed by atoms with E-state index in [0.717, 1.165) is 11.3 Å². The number of fused-ring (bicyclic) bond motifs is 1. The van der Waals surface area contributed by atoms with E-state index in [-0.39, 0.29) is 12.5 Å². The number of amides is 1. The van der Waals surface area contributed by atoms with Crippen molar-refractivity contribution in [2.75, 3.05) is 17.7 Å². The number of hydrogen-bond acceptors (Lipinski definition) is 5. The number of carbonyl (C=O) groups is 1. The van der Waals surface area contributed by atoms with E-state index in [1.54, 1.807) is 18.2 Å². The first kappa shape index (κ1) is 17.2. The van der Waals surface area contributed by atoms with E-state index in [1.165, 1.54) is 11.8 Å². The lowest BCUT2D eigenvalue weighted by atomic mass is 10.1. The van der Waals surface area contributed by atoms with Gasteiger partial charge in [-0.2, -0.15) is 5.10 Å². The molecule has 6 nitrogen and oxygen atoms in total. The average Bonchev–Trinajstić information content (AvgIpc) is 2.64. The van der Waals surface area contributed by atoms with E-state index >= 15 is 0 Å². The molecule has 2 heterocycles. The smallest absolute Gasteiger partial charge is 0.262 e. The number of amidine groups is 1. The fourth-order valence-corrected chi connectivity index (χ4v) is 3.69. The molecule has 2 aliphatic heterocycles. The second kappa shape index (κ2) is 7.19. The van der Waals surface area contributed by atoms with Gasteiger partial charge in [-0.1, -0.05) is 35.0 Å². The van der Waals surface area contributed by atoms with Crippen molar-refractivity contribution in [2.24, 2.45) is 10.1 Å². The maximum Gasteiger partial charge on any atom is 0.262 e. The number of aliphatic imine (C=N–C) groups is 1. The van der Waals surface area contributed by atoms with E-state index < -0.39 is 0 Å². The zero-order valence-corrected chi connectivity index (χ0v) is 15.6. The third-order valence-corrected chi connectivity index (χ3v) is 5.12. The first-order valence-electron chi connectivity index (χ1n) is 7.65. The number of hydrogen-bond donors (Lipinski definition) is 2. The Morgan fingerprint density at radius 1 is 1.19 bits per heavy atom. The predicted molar refractivity (Wildman–Crippen MR) is 106 cm³/mol. The molecule has 132 valence electrons. The first-order chi connectivity index (χ1) is 12.6. The zero-order valence-electron chi connectivity index (χ0n) is 13.3. The monoisotopic (exact) mass is 406 g/mol. The highest BCUT2D eigenvalue weighted by Crippen LogP contribution is 2.31. The number of benzene rings is 2. The van der Waals surface area contributed by atoms with Crippen LogP contribution in [0.1, 0.15) is 5.56 Å². The topological polar surface area (TPSA) is 75.1 Å². The molecule has 2 N–H and O–H groups in total. The van der Waals surface area contributed by atoms with Gasteiger partial charge in [0.05, 0.1) is 22.1 Å². The molecule has 4 rings (SSSR count). The third kappa shape index (κ3) is 3.65. The highest BCUT2D eigenvalue weighted by atomic mass is 35.5. The first-order valence-corrected chi connectivity index (χ1v) is 9.39. The SMILES string of the molecule is O=C1COc2ccc(C3=NNC(=Nc4ccc(Cl)cc4Cl)SC3)cc2N1. The van der Waals surface area contributed by atoms with Gasteiger partial charge in [-0.25, -0.2) is 4.99 Å². The Morgan fingerprint density at radius 2 is 2.08 bits per heavy atom. The van der Waals surface area contributed by atoms with Crippen molar-refractivity contribution in [2.45, 2.75) is 0 Å². The van der Waals surface area contributed by atoms with Crippen molar-refractivity contribution in [1.82, 2.24) is 5.43 Å². The van der Waals surface area contributed by atoms with Gasteiger partial charge in [0.15, 0.2) is 11.8 Å². The number of halogens is 2. The molecule has 0 atom stereocenters.